The first-order chi connectivity index (χ1) is 13.8. The van der Waals surface area contributed by atoms with E-state index in [1.807, 2.05) is 11.3 Å². The number of nitrogens with zero attached hydrogens (tertiary/aromatic N) is 3. The van der Waals surface area contributed by atoms with Gasteiger partial charge in [-0.2, -0.15) is 0 Å². The lowest BCUT2D eigenvalue weighted by atomic mass is 10.1. The third-order valence-corrected chi connectivity index (χ3v) is 6.49. The molecule has 1 aromatic heterocycles. The molecular weight excluding hydrogens is 370 g/mol. The summed E-state index contributed by atoms with van der Waals surface area (Å²) in [6.07, 6.45) is 4.36. The summed E-state index contributed by atoms with van der Waals surface area (Å²) in [5.74, 6) is 0.933. The van der Waals surface area contributed by atoms with Crippen molar-refractivity contribution in [1.29, 1.82) is 0 Å². The molecular formula is C21H37N5OS. The number of aliphatic imine (C=N–C) groups is 1. The summed E-state index contributed by atoms with van der Waals surface area (Å²) in [6, 6.07) is 4.70. The number of rotatable bonds is 8. The van der Waals surface area contributed by atoms with Gasteiger partial charge >= 0.3 is 0 Å². The van der Waals surface area contributed by atoms with Crippen LogP contribution in [0.3, 0.4) is 0 Å². The smallest absolute Gasteiger partial charge is 0.191 e. The average Bonchev–Trinajstić information content (AvgIpc) is 3.23. The summed E-state index contributed by atoms with van der Waals surface area (Å²) in [5.41, 5.74) is 0. The predicted octanol–water partition coefficient (Wildman–Crippen LogP) is 2.55. The number of piperidine rings is 1. The van der Waals surface area contributed by atoms with Crippen LogP contribution in [-0.2, 0) is 4.74 Å². The number of hydrogen-bond donors (Lipinski definition) is 2. The highest BCUT2D eigenvalue weighted by molar-refractivity contribution is 7.10. The Morgan fingerprint density at radius 1 is 1.29 bits per heavy atom. The quantitative estimate of drug-likeness (QED) is 0.512. The van der Waals surface area contributed by atoms with E-state index in [0.717, 1.165) is 51.8 Å². The van der Waals surface area contributed by atoms with Crippen molar-refractivity contribution in [2.24, 2.45) is 4.99 Å². The molecule has 0 spiro atoms. The SMILES string of the molecule is CCNC(=NCC(c1cccs1)N1CCOC(C)C1)NCCN1CCCCC1. The number of nitrogens with one attached hydrogen (secondary N) is 2. The molecule has 2 aliphatic rings. The molecule has 2 aliphatic heterocycles. The van der Waals surface area contributed by atoms with Gasteiger partial charge in [-0.25, -0.2) is 0 Å². The molecule has 7 heteroatoms. The van der Waals surface area contributed by atoms with E-state index in [0.29, 0.717) is 6.04 Å². The molecule has 0 radical (unpaired) electrons. The molecule has 0 aliphatic carbocycles. The summed E-state index contributed by atoms with van der Waals surface area (Å²) < 4.78 is 5.75. The second-order valence-electron chi connectivity index (χ2n) is 7.76. The lowest BCUT2D eigenvalue weighted by Gasteiger charge is -2.36. The minimum atomic E-state index is 0.288. The predicted molar refractivity (Wildman–Crippen MR) is 118 cm³/mol. The van der Waals surface area contributed by atoms with Crippen molar-refractivity contribution in [3.63, 3.8) is 0 Å². The Kier molecular flexibility index (Phi) is 9.05. The van der Waals surface area contributed by atoms with Crippen LogP contribution in [0.4, 0.5) is 0 Å². The lowest BCUT2D eigenvalue weighted by molar-refractivity contribution is -0.0327. The standard InChI is InChI=1S/C21H37N5OS/c1-3-22-21(23-9-12-25-10-5-4-6-11-25)24-16-19(20-8-7-15-28-20)26-13-14-27-18(2)17-26/h7-8,15,18-19H,3-6,9-14,16-17H2,1-2H3,(H2,22,23,24). The van der Waals surface area contributed by atoms with Crippen LogP contribution in [-0.4, -0.2) is 80.8 Å². The fraction of sp³-hybridized carbons (Fsp3) is 0.762. The van der Waals surface area contributed by atoms with Gasteiger partial charge < -0.3 is 20.3 Å². The number of thiophene rings is 1. The van der Waals surface area contributed by atoms with E-state index >= 15 is 0 Å². The van der Waals surface area contributed by atoms with Crippen LogP contribution in [0.5, 0.6) is 0 Å². The summed E-state index contributed by atoms with van der Waals surface area (Å²) in [5, 5.41) is 9.12. The van der Waals surface area contributed by atoms with Gasteiger partial charge in [0.1, 0.15) is 0 Å². The highest BCUT2D eigenvalue weighted by atomic mass is 32.1. The van der Waals surface area contributed by atoms with Crippen LogP contribution in [0.15, 0.2) is 22.5 Å². The van der Waals surface area contributed by atoms with E-state index < -0.39 is 0 Å². The molecule has 3 heterocycles. The van der Waals surface area contributed by atoms with Crippen LogP contribution in [0.25, 0.3) is 0 Å². The van der Waals surface area contributed by atoms with Crippen molar-refractivity contribution in [3.8, 4) is 0 Å². The maximum Gasteiger partial charge on any atom is 0.191 e. The fourth-order valence-electron chi connectivity index (χ4n) is 4.03. The maximum atomic E-state index is 5.75. The molecule has 2 N–H and O–H groups in total. The topological polar surface area (TPSA) is 52.1 Å². The van der Waals surface area contributed by atoms with Crippen molar-refractivity contribution in [2.75, 3.05) is 59.0 Å². The summed E-state index contributed by atoms with van der Waals surface area (Å²) >= 11 is 1.83. The molecule has 2 unspecified atom stereocenters. The second-order valence-corrected chi connectivity index (χ2v) is 8.74. The first-order valence-corrected chi connectivity index (χ1v) is 11.8. The maximum absolute atomic E-state index is 5.75. The molecule has 1 aromatic rings. The van der Waals surface area contributed by atoms with Gasteiger partial charge in [0, 0.05) is 37.6 Å². The molecule has 0 bridgehead atoms. The third kappa shape index (κ3) is 6.72. The number of ether oxygens (including phenoxy) is 1. The van der Waals surface area contributed by atoms with Gasteiger partial charge in [-0.05, 0) is 51.2 Å². The first kappa shape index (κ1) is 21.6. The molecule has 6 nitrogen and oxygen atoms in total. The number of morpholine rings is 1. The van der Waals surface area contributed by atoms with E-state index in [-0.39, 0.29) is 6.10 Å². The van der Waals surface area contributed by atoms with Crippen molar-refractivity contribution >= 4 is 17.3 Å². The van der Waals surface area contributed by atoms with Crippen LogP contribution in [0.1, 0.15) is 44.0 Å². The molecule has 0 amide bonds. The van der Waals surface area contributed by atoms with Gasteiger partial charge in [0.05, 0.1) is 25.3 Å². The van der Waals surface area contributed by atoms with E-state index in [2.05, 4.69) is 51.8 Å². The molecule has 0 aromatic carbocycles. The Labute approximate surface area is 174 Å². The molecule has 2 atom stereocenters. The first-order valence-electron chi connectivity index (χ1n) is 10.9. The van der Waals surface area contributed by atoms with Crippen LogP contribution < -0.4 is 10.6 Å². The molecule has 0 saturated carbocycles. The van der Waals surface area contributed by atoms with Crippen LogP contribution in [0.2, 0.25) is 0 Å². The van der Waals surface area contributed by atoms with E-state index in [9.17, 15) is 0 Å². The van der Waals surface area contributed by atoms with Crippen LogP contribution in [0, 0.1) is 0 Å². The van der Waals surface area contributed by atoms with E-state index in [1.54, 1.807) is 0 Å². The van der Waals surface area contributed by atoms with Crippen molar-refractivity contribution in [3.05, 3.63) is 22.4 Å². The second kappa shape index (κ2) is 11.8. The highest BCUT2D eigenvalue weighted by Gasteiger charge is 2.26. The largest absolute Gasteiger partial charge is 0.376 e. The molecule has 3 rings (SSSR count). The Bertz CT molecular complexity index is 573. The Morgan fingerprint density at radius 3 is 2.86 bits per heavy atom. The minimum absolute atomic E-state index is 0.288. The average molecular weight is 408 g/mol. The lowest BCUT2D eigenvalue weighted by Crippen LogP contribution is -2.45. The van der Waals surface area contributed by atoms with Gasteiger partial charge in [0.15, 0.2) is 5.96 Å². The Hall–Kier alpha value is -1.15. The van der Waals surface area contributed by atoms with Crippen LogP contribution >= 0.6 is 11.3 Å². The zero-order chi connectivity index (χ0) is 19.6. The van der Waals surface area contributed by atoms with Crippen molar-refractivity contribution in [1.82, 2.24) is 20.4 Å². The van der Waals surface area contributed by atoms with Gasteiger partial charge in [-0.3, -0.25) is 9.89 Å². The summed E-state index contributed by atoms with van der Waals surface area (Å²) in [7, 11) is 0. The normalized spacial score (nSPS) is 23.5. The number of hydrogen-bond acceptors (Lipinski definition) is 5. The number of likely N-dealkylation sites (tertiary alicyclic amines) is 1. The zero-order valence-corrected chi connectivity index (χ0v) is 18.3. The molecule has 158 valence electrons. The van der Waals surface area contributed by atoms with E-state index in [1.165, 1.54) is 37.2 Å². The number of guanidine groups is 1. The zero-order valence-electron chi connectivity index (χ0n) is 17.5. The van der Waals surface area contributed by atoms with Gasteiger partial charge in [-0.1, -0.05) is 12.5 Å². The van der Waals surface area contributed by atoms with Gasteiger partial charge in [0.25, 0.3) is 0 Å². The molecule has 2 saturated heterocycles. The summed E-state index contributed by atoms with van der Waals surface area (Å²) in [6.45, 7) is 13.2. The van der Waals surface area contributed by atoms with Crippen molar-refractivity contribution < 1.29 is 4.74 Å². The van der Waals surface area contributed by atoms with E-state index in [4.69, 9.17) is 9.73 Å². The Morgan fingerprint density at radius 2 is 2.14 bits per heavy atom. The van der Waals surface area contributed by atoms with Gasteiger partial charge in [-0.15, -0.1) is 11.3 Å². The third-order valence-electron chi connectivity index (χ3n) is 5.52. The molecule has 28 heavy (non-hydrogen) atoms. The minimum Gasteiger partial charge on any atom is -0.376 e. The van der Waals surface area contributed by atoms with Gasteiger partial charge in [0.2, 0.25) is 0 Å². The monoisotopic (exact) mass is 407 g/mol. The summed E-state index contributed by atoms with van der Waals surface area (Å²) in [4.78, 5) is 11.4. The van der Waals surface area contributed by atoms with Crippen molar-refractivity contribution in [2.45, 2.75) is 45.3 Å². The Balaban J connectivity index is 1.57. The molecule has 2 fully saturated rings. The fourth-order valence-corrected chi connectivity index (χ4v) is 4.88. The highest BCUT2D eigenvalue weighted by Crippen LogP contribution is 2.27.